The maximum absolute atomic E-state index is 12.7. The van der Waals surface area contributed by atoms with E-state index in [2.05, 4.69) is 19.9 Å². The van der Waals surface area contributed by atoms with Gasteiger partial charge in [0, 0.05) is 51.5 Å². The zero-order valence-electron chi connectivity index (χ0n) is 17.4. The van der Waals surface area contributed by atoms with Crippen LogP contribution in [0.15, 0.2) is 47.5 Å². The molecule has 0 atom stereocenters. The molecule has 0 unspecified atom stereocenters. The number of fused-ring (bicyclic) bond motifs is 1. The molecule has 0 spiro atoms. The zero-order valence-corrected chi connectivity index (χ0v) is 18.2. The number of nitrogens with zero attached hydrogens (tertiary/aromatic N) is 5. The third-order valence-corrected chi connectivity index (χ3v) is 5.95. The number of anilines is 1. The first-order chi connectivity index (χ1) is 15.1. The van der Waals surface area contributed by atoms with Crippen LogP contribution in [0.5, 0.6) is 0 Å². The lowest BCUT2D eigenvalue weighted by molar-refractivity contribution is -0.131. The van der Waals surface area contributed by atoms with E-state index in [0.717, 1.165) is 43.8 Å². The highest BCUT2D eigenvalue weighted by molar-refractivity contribution is 7.71. The number of unbranched alkanes of at least 4 members (excludes halogenated alkanes) is 2. The van der Waals surface area contributed by atoms with Crippen LogP contribution < -0.4 is 10.5 Å². The highest BCUT2D eigenvalue weighted by atomic mass is 32.1. The second-order valence-corrected chi connectivity index (χ2v) is 8.05. The average Bonchev–Trinajstić information content (AvgIpc) is 2.81. The predicted molar refractivity (Wildman–Crippen MR) is 123 cm³/mol. The number of carbonyl (C=O) groups is 1. The summed E-state index contributed by atoms with van der Waals surface area (Å²) in [5.74, 6) is 0.908. The Labute approximate surface area is 185 Å². The molecule has 8 nitrogen and oxygen atoms in total. The van der Waals surface area contributed by atoms with Crippen molar-refractivity contribution in [2.24, 2.45) is 0 Å². The van der Waals surface area contributed by atoms with Gasteiger partial charge in [-0.05, 0) is 43.3 Å². The van der Waals surface area contributed by atoms with Gasteiger partial charge in [0.15, 0.2) is 4.77 Å². The first kappa shape index (κ1) is 21.2. The third-order valence-electron chi connectivity index (χ3n) is 5.63. The number of aromatic amines is 1. The van der Waals surface area contributed by atoms with Gasteiger partial charge in [-0.25, -0.2) is 9.97 Å². The quantitative estimate of drug-likeness (QED) is 0.451. The number of para-hydroxylation sites is 1. The summed E-state index contributed by atoms with van der Waals surface area (Å²) >= 11 is 5.35. The molecule has 31 heavy (non-hydrogen) atoms. The van der Waals surface area contributed by atoms with Gasteiger partial charge in [-0.1, -0.05) is 18.6 Å². The molecule has 4 rings (SSSR count). The summed E-state index contributed by atoms with van der Waals surface area (Å²) in [5.41, 5.74) is 0.703. The van der Waals surface area contributed by atoms with E-state index >= 15 is 0 Å². The van der Waals surface area contributed by atoms with E-state index in [0.29, 0.717) is 36.2 Å². The molecule has 0 saturated carbocycles. The molecule has 0 bridgehead atoms. The monoisotopic (exact) mass is 438 g/mol. The van der Waals surface area contributed by atoms with Gasteiger partial charge in [-0.3, -0.25) is 14.2 Å². The molecule has 0 aliphatic carbocycles. The fourth-order valence-corrected chi connectivity index (χ4v) is 4.18. The van der Waals surface area contributed by atoms with Crippen LogP contribution in [0.3, 0.4) is 0 Å². The van der Waals surface area contributed by atoms with E-state index in [9.17, 15) is 9.59 Å². The summed E-state index contributed by atoms with van der Waals surface area (Å²) in [6.45, 7) is 3.44. The maximum Gasteiger partial charge on any atom is 0.262 e. The SMILES string of the molecule is O=C(CCCCCn1c(=S)[nH]c2ccccc2c1=O)N1CCN(c2ncccn2)CC1. The molecule has 2 aromatic heterocycles. The van der Waals surface area contributed by atoms with E-state index in [1.54, 1.807) is 23.0 Å². The summed E-state index contributed by atoms with van der Waals surface area (Å²) in [4.78, 5) is 40.9. The van der Waals surface area contributed by atoms with E-state index in [-0.39, 0.29) is 11.5 Å². The summed E-state index contributed by atoms with van der Waals surface area (Å²) < 4.78 is 2.06. The van der Waals surface area contributed by atoms with Crippen LogP contribution >= 0.6 is 12.2 Å². The normalized spacial score (nSPS) is 14.2. The Bertz CT molecular complexity index is 1150. The number of hydrogen-bond acceptors (Lipinski definition) is 6. The third kappa shape index (κ3) is 4.99. The molecule has 1 aliphatic rings. The van der Waals surface area contributed by atoms with Gasteiger partial charge in [-0.2, -0.15) is 0 Å². The number of carbonyl (C=O) groups excluding carboxylic acids is 1. The van der Waals surface area contributed by atoms with Crippen LogP contribution in [0.4, 0.5) is 5.95 Å². The summed E-state index contributed by atoms with van der Waals surface area (Å²) in [6, 6.07) is 9.19. The van der Waals surface area contributed by atoms with Crippen molar-refractivity contribution in [2.45, 2.75) is 32.2 Å². The highest BCUT2D eigenvalue weighted by Crippen LogP contribution is 2.12. The molecule has 0 radical (unpaired) electrons. The van der Waals surface area contributed by atoms with Gasteiger partial charge in [0.25, 0.3) is 5.56 Å². The van der Waals surface area contributed by atoms with Crippen LogP contribution in [-0.4, -0.2) is 56.5 Å². The van der Waals surface area contributed by atoms with Crippen LogP contribution in [0.25, 0.3) is 10.9 Å². The summed E-state index contributed by atoms with van der Waals surface area (Å²) in [6.07, 6.45) is 6.48. The molecule has 9 heteroatoms. The van der Waals surface area contributed by atoms with Crippen molar-refractivity contribution < 1.29 is 4.79 Å². The van der Waals surface area contributed by atoms with Crippen LogP contribution in [0, 0.1) is 4.77 Å². The number of nitrogens with one attached hydrogen (secondary N) is 1. The Balaban J connectivity index is 1.21. The Morgan fingerprint density at radius 2 is 1.74 bits per heavy atom. The predicted octanol–water partition coefficient (Wildman–Crippen LogP) is 2.76. The molecule has 1 saturated heterocycles. The molecule has 1 N–H and O–H groups in total. The minimum Gasteiger partial charge on any atom is -0.339 e. The van der Waals surface area contributed by atoms with Crippen molar-refractivity contribution >= 4 is 35.0 Å². The van der Waals surface area contributed by atoms with E-state index in [4.69, 9.17) is 12.2 Å². The number of H-pyrrole nitrogens is 1. The highest BCUT2D eigenvalue weighted by Gasteiger charge is 2.21. The van der Waals surface area contributed by atoms with Gasteiger partial charge in [-0.15, -0.1) is 0 Å². The van der Waals surface area contributed by atoms with E-state index < -0.39 is 0 Å². The number of aromatic nitrogens is 4. The fourth-order valence-electron chi connectivity index (χ4n) is 3.89. The largest absolute Gasteiger partial charge is 0.339 e. The number of benzene rings is 1. The van der Waals surface area contributed by atoms with Gasteiger partial charge >= 0.3 is 0 Å². The van der Waals surface area contributed by atoms with Crippen LogP contribution in [0.2, 0.25) is 0 Å². The van der Waals surface area contributed by atoms with Gasteiger partial charge in [0.1, 0.15) is 0 Å². The van der Waals surface area contributed by atoms with Crippen molar-refractivity contribution in [1.29, 1.82) is 0 Å². The molecule has 1 aromatic carbocycles. The Kier molecular flexibility index (Phi) is 6.71. The van der Waals surface area contributed by atoms with Gasteiger partial charge < -0.3 is 14.8 Å². The lowest BCUT2D eigenvalue weighted by atomic mass is 10.1. The van der Waals surface area contributed by atoms with Crippen molar-refractivity contribution in [1.82, 2.24) is 24.4 Å². The molecule has 1 fully saturated rings. The number of hydrogen-bond donors (Lipinski definition) is 1. The molecular weight excluding hydrogens is 412 g/mol. The minimum absolute atomic E-state index is 0.0595. The standard InChI is InChI=1S/C22H26N6O2S/c29-19(26-13-15-27(16-14-26)21-23-10-6-11-24-21)9-2-1-5-12-28-20(30)17-7-3-4-8-18(17)25-22(28)31/h3-4,6-8,10-11H,1-2,5,9,12-16H2,(H,25,31). The van der Waals surface area contributed by atoms with Crippen molar-refractivity contribution in [2.75, 3.05) is 31.1 Å². The smallest absolute Gasteiger partial charge is 0.262 e. The molecule has 162 valence electrons. The Morgan fingerprint density at radius 3 is 2.52 bits per heavy atom. The van der Waals surface area contributed by atoms with Crippen LogP contribution in [0.1, 0.15) is 25.7 Å². The second kappa shape index (κ2) is 9.82. The minimum atomic E-state index is -0.0595. The average molecular weight is 439 g/mol. The summed E-state index contributed by atoms with van der Waals surface area (Å²) in [7, 11) is 0. The Hall–Kier alpha value is -3.07. The second-order valence-electron chi connectivity index (χ2n) is 7.66. The summed E-state index contributed by atoms with van der Waals surface area (Å²) in [5, 5.41) is 0.645. The molecule has 3 heterocycles. The lowest BCUT2D eigenvalue weighted by Crippen LogP contribution is -2.49. The molecule has 3 aromatic rings. The first-order valence-corrected chi connectivity index (χ1v) is 11.1. The number of piperazine rings is 1. The molecular formula is C22H26N6O2S. The van der Waals surface area contributed by atoms with Crippen molar-refractivity contribution in [3.63, 3.8) is 0 Å². The lowest BCUT2D eigenvalue weighted by Gasteiger charge is -2.34. The van der Waals surface area contributed by atoms with Gasteiger partial charge in [0.2, 0.25) is 11.9 Å². The van der Waals surface area contributed by atoms with E-state index in [1.807, 2.05) is 29.2 Å². The number of rotatable bonds is 7. The fraction of sp³-hybridized carbons (Fsp3) is 0.409. The number of amides is 1. The van der Waals surface area contributed by atoms with Crippen molar-refractivity contribution in [3.8, 4) is 0 Å². The zero-order chi connectivity index (χ0) is 21.6. The van der Waals surface area contributed by atoms with E-state index in [1.165, 1.54) is 0 Å². The Morgan fingerprint density at radius 1 is 1.00 bits per heavy atom. The molecule has 1 amide bonds. The first-order valence-electron chi connectivity index (χ1n) is 10.6. The topological polar surface area (TPSA) is 87.1 Å². The van der Waals surface area contributed by atoms with Crippen LogP contribution in [-0.2, 0) is 11.3 Å². The molecule has 1 aliphatic heterocycles. The maximum atomic E-state index is 12.7. The van der Waals surface area contributed by atoms with Crippen molar-refractivity contribution in [3.05, 3.63) is 57.9 Å². The van der Waals surface area contributed by atoms with Gasteiger partial charge in [0.05, 0.1) is 10.9 Å².